The molecule has 1 heterocycles. The molecule has 0 amide bonds. The summed E-state index contributed by atoms with van der Waals surface area (Å²) in [6, 6.07) is 7.24. The van der Waals surface area contributed by atoms with Crippen molar-refractivity contribution in [2.45, 2.75) is 45.8 Å². The third kappa shape index (κ3) is 3.87. The smallest absolute Gasteiger partial charge is 0.141 e. The number of nitrogens with zero attached hydrogens (tertiary/aromatic N) is 3. The van der Waals surface area contributed by atoms with E-state index in [2.05, 4.69) is 36.2 Å². The average molecular weight is 276 g/mol. The van der Waals surface area contributed by atoms with Gasteiger partial charge in [-0.1, -0.05) is 12.1 Å². The van der Waals surface area contributed by atoms with Crippen LogP contribution in [-0.4, -0.2) is 20.8 Å². The minimum Gasteiger partial charge on any atom is -0.307 e. The molecule has 4 nitrogen and oxygen atoms in total. The Kier molecular flexibility index (Phi) is 4.84. The van der Waals surface area contributed by atoms with Crippen LogP contribution in [0, 0.1) is 5.82 Å². The topological polar surface area (TPSA) is 42.7 Å². The zero-order chi connectivity index (χ0) is 14.5. The number of rotatable bonds is 6. The molecule has 1 N–H and O–H groups in total. The van der Waals surface area contributed by atoms with Crippen LogP contribution >= 0.6 is 0 Å². The van der Waals surface area contributed by atoms with Gasteiger partial charge >= 0.3 is 0 Å². The van der Waals surface area contributed by atoms with Crippen molar-refractivity contribution in [3.05, 3.63) is 47.8 Å². The van der Waals surface area contributed by atoms with Crippen molar-refractivity contribution >= 4 is 0 Å². The summed E-state index contributed by atoms with van der Waals surface area (Å²) < 4.78 is 14.8. The fraction of sp³-hybridized carbons (Fsp3) is 0.467. The van der Waals surface area contributed by atoms with Crippen molar-refractivity contribution in [2.24, 2.45) is 0 Å². The van der Waals surface area contributed by atoms with E-state index in [0.29, 0.717) is 12.6 Å². The first-order valence-electron chi connectivity index (χ1n) is 6.92. The number of hydrogen-bond donors (Lipinski definition) is 1. The summed E-state index contributed by atoms with van der Waals surface area (Å²) in [5, 5.41) is 7.64. The normalized spacial score (nSPS) is 12.8. The van der Waals surface area contributed by atoms with Gasteiger partial charge in [-0.3, -0.25) is 0 Å². The van der Waals surface area contributed by atoms with E-state index in [1.807, 2.05) is 16.8 Å². The maximum absolute atomic E-state index is 12.8. The minimum atomic E-state index is -0.195. The molecule has 0 saturated carbocycles. The van der Waals surface area contributed by atoms with Gasteiger partial charge in [-0.15, -0.1) is 0 Å². The van der Waals surface area contributed by atoms with E-state index in [4.69, 9.17) is 0 Å². The molecule has 1 aromatic carbocycles. The van der Waals surface area contributed by atoms with E-state index in [9.17, 15) is 4.39 Å². The average Bonchev–Trinajstić information content (AvgIpc) is 2.88. The standard InChI is InChI=1S/C15H21FN4/c1-11(2)20-15(18-10-19-20)9-17-12(3)8-13-4-6-14(16)7-5-13/h4-7,10-12,17H,8-9H2,1-3H3. The predicted octanol–water partition coefficient (Wildman–Crippen LogP) is 2.72. The van der Waals surface area contributed by atoms with E-state index in [-0.39, 0.29) is 11.9 Å². The summed E-state index contributed by atoms with van der Waals surface area (Å²) in [5.74, 6) is 0.741. The SMILES string of the molecule is CC(Cc1ccc(F)cc1)NCc1ncnn1C(C)C. The molecule has 0 aliphatic carbocycles. The van der Waals surface area contributed by atoms with Crippen LogP contribution in [0.5, 0.6) is 0 Å². The van der Waals surface area contributed by atoms with Crippen LogP contribution in [0.4, 0.5) is 4.39 Å². The largest absolute Gasteiger partial charge is 0.307 e. The molecule has 0 fully saturated rings. The second-order valence-electron chi connectivity index (χ2n) is 5.33. The zero-order valence-electron chi connectivity index (χ0n) is 12.2. The van der Waals surface area contributed by atoms with Gasteiger partial charge in [0.15, 0.2) is 0 Å². The monoisotopic (exact) mass is 276 g/mol. The Morgan fingerprint density at radius 1 is 1.20 bits per heavy atom. The first kappa shape index (κ1) is 14.7. The highest BCUT2D eigenvalue weighted by Gasteiger charge is 2.09. The molecule has 0 bridgehead atoms. The number of benzene rings is 1. The lowest BCUT2D eigenvalue weighted by atomic mass is 10.1. The highest BCUT2D eigenvalue weighted by atomic mass is 19.1. The molecule has 0 spiro atoms. The number of nitrogens with one attached hydrogen (secondary N) is 1. The van der Waals surface area contributed by atoms with Crippen LogP contribution in [0.25, 0.3) is 0 Å². The van der Waals surface area contributed by atoms with Gasteiger partial charge in [-0.05, 0) is 44.9 Å². The Labute approximate surface area is 119 Å². The second kappa shape index (κ2) is 6.61. The molecular formula is C15H21FN4. The van der Waals surface area contributed by atoms with Crippen LogP contribution in [0.3, 0.4) is 0 Å². The van der Waals surface area contributed by atoms with Gasteiger partial charge < -0.3 is 5.32 Å². The minimum absolute atomic E-state index is 0.195. The van der Waals surface area contributed by atoms with Gasteiger partial charge in [0.2, 0.25) is 0 Å². The molecule has 0 aliphatic rings. The van der Waals surface area contributed by atoms with Gasteiger partial charge in [0.25, 0.3) is 0 Å². The van der Waals surface area contributed by atoms with Crippen molar-refractivity contribution in [1.82, 2.24) is 20.1 Å². The summed E-state index contributed by atoms with van der Waals surface area (Å²) in [7, 11) is 0. The Morgan fingerprint density at radius 3 is 2.55 bits per heavy atom. The summed E-state index contributed by atoms with van der Waals surface area (Å²) in [6.45, 7) is 6.96. The molecule has 0 saturated heterocycles. The summed E-state index contributed by atoms with van der Waals surface area (Å²) >= 11 is 0. The fourth-order valence-electron chi connectivity index (χ4n) is 2.14. The lowest BCUT2D eigenvalue weighted by Crippen LogP contribution is -2.29. The van der Waals surface area contributed by atoms with Gasteiger partial charge in [-0.2, -0.15) is 5.10 Å². The molecule has 2 rings (SSSR count). The number of hydrogen-bond acceptors (Lipinski definition) is 3. The Hall–Kier alpha value is -1.75. The van der Waals surface area contributed by atoms with Gasteiger partial charge in [0.1, 0.15) is 18.0 Å². The van der Waals surface area contributed by atoms with Crippen LogP contribution in [-0.2, 0) is 13.0 Å². The van der Waals surface area contributed by atoms with Crippen LogP contribution in [0.1, 0.15) is 38.2 Å². The molecule has 1 aromatic heterocycles. The molecule has 1 atom stereocenters. The third-order valence-electron chi connectivity index (χ3n) is 3.20. The Bertz CT molecular complexity index is 533. The quantitative estimate of drug-likeness (QED) is 0.882. The summed E-state index contributed by atoms with van der Waals surface area (Å²) in [6.07, 6.45) is 2.44. The van der Waals surface area contributed by atoms with E-state index in [1.54, 1.807) is 6.33 Å². The second-order valence-corrected chi connectivity index (χ2v) is 5.33. The molecule has 5 heteroatoms. The third-order valence-corrected chi connectivity index (χ3v) is 3.20. The van der Waals surface area contributed by atoms with E-state index in [1.165, 1.54) is 12.1 Å². The maximum atomic E-state index is 12.8. The highest BCUT2D eigenvalue weighted by molar-refractivity contribution is 5.17. The number of aromatic nitrogens is 3. The van der Waals surface area contributed by atoms with E-state index >= 15 is 0 Å². The van der Waals surface area contributed by atoms with Crippen molar-refractivity contribution < 1.29 is 4.39 Å². The molecule has 20 heavy (non-hydrogen) atoms. The molecule has 0 aliphatic heterocycles. The van der Waals surface area contributed by atoms with Gasteiger partial charge in [0, 0.05) is 12.1 Å². The zero-order valence-corrected chi connectivity index (χ0v) is 12.2. The van der Waals surface area contributed by atoms with Crippen LogP contribution in [0.2, 0.25) is 0 Å². The Morgan fingerprint density at radius 2 is 1.90 bits per heavy atom. The molecular weight excluding hydrogens is 255 g/mol. The van der Waals surface area contributed by atoms with Crippen LogP contribution < -0.4 is 5.32 Å². The van der Waals surface area contributed by atoms with Crippen molar-refractivity contribution in [2.75, 3.05) is 0 Å². The molecule has 108 valence electrons. The first-order chi connectivity index (χ1) is 9.56. The van der Waals surface area contributed by atoms with Gasteiger partial charge in [0.05, 0.1) is 6.54 Å². The first-order valence-corrected chi connectivity index (χ1v) is 6.92. The summed E-state index contributed by atoms with van der Waals surface area (Å²) in [5.41, 5.74) is 1.12. The molecule has 2 aromatic rings. The Balaban J connectivity index is 1.87. The fourth-order valence-corrected chi connectivity index (χ4v) is 2.14. The molecule has 1 unspecified atom stereocenters. The van der Waals surface area contributed by atoms with Crippen LogP contribution in [0.15, 0.2) is 30.6 Å². The summed E-state index contributed by atoms with van der Waals surface area (Å²) in [4.78, 5) is 4.27. The predicted molar refractivity (Wildman–Crippen MR) is 76.8 cm³/mol. The van der Waals surface area contributed by atoms with E-state index < -0.39 is 0 Å². The molecule has 0 radical (unpaired) electrons. The van der Waals surface area contributed by atoms with Crippen molar-refractivity contribution in [3.63, 3.8) is 0 Å². The van der Waals surface area contributed by atoms with Crippen molar-refractivity contribution in [3.8, 4) is 0 Å². The van der Waals surface area contributed by atoms with Gasteiger partial charge in [-0.25, -0.2) is 14.1 Å². The number of halogens is 1. The van der Waals surface area contributed by atoms with Crippen molar-refractivity contribution in [1.29, 1.82) is 0 Å². The highest BCUT2D eigenvalue weighted by Crippen LogP contribution is 2.08. The van der Waals surface area contributed by atoms with E-state index in [0.717, 1.165) is 17.8 Å². The lowest BCUT2D eigenvalue weighted by molar-refractivity contribution is 0.467. The maximum Gasteiger partial charge on any atom is 0.141 e. The lowest BCUT2D eigenvalue weighted by Gasteiger charge is -2.15.